The maximum Gasteiger partial charge on any atom is 0.250 e. The average molecular weight is 523 g/mol. The lowest BCUT2D eigenvalue weighted by Gasteiger charge is -2.27. The number of hydrogen-bond donors (Lipinski definition) is 2. The lowest BCUT2D eigenvalue weighted by Crippen LogP contribution is -2.37. The number of hydrazone groups is 1. The van der Waals surface area contributed by atoms with Crippen LogP contribution < -0.4 is 15.6 Å². The number of nitrogens with zero attached hydrogens (tertiary/aromatic N) is 5. The largest absolute Gasteiger partial charge is 0.378 e. The molecule has 3 aromatic rings. The Morgan fingerprint density at radius 2 is 1.84 bits per heavy atom. The molecule has 11 heteroatoms. The molecule has 0 bridgehead atoms. The van der Waals surface area contributed by atoms with Crippen molar-refractivity contribution in [2.75, 3.05) is 41.9 Å². The summed E-state index contributed by atoms with van der Waals surface area (Å²) < 4.78 is 6.38. The highest BCUT2D eigenvalue weighted by atomic mass is 79.9. The van der Waals surface area contributed by atoms with Crippen molar-refractivity contribution in [3.63, 3.8) is 0 Å². The van der Waals surface area contributed by atoms with E-state index in [-0.39, 0.29) is 0 Å². The van der Waals surface area contributed by atoms with Gasteiger partial charge in [0.15, 0.2) is 0 Å². The molecule has 0 spiro atoms. The third-order valence-electron chi connectivity index (χ3n) is 4.33. The van der Waals surface area contributed by atoms with Gasteiger partial charge in [-0.3, -0.25) is 0 Å². The fraction of sp³-hybridized carbons (Fsp3) is 0.200. The summed E-state index contributed by atoms with van der Waals surface area (Å²) in [5.41, 5.74) is 4.42. The molecule has 1 aliphatic heterocycles. The number of anilines is 4. The van der Waals surface area contributed by atoms with E-state index < -0.39 is 0 Å². The number of morpholine rings is 1. The Morgan fingerprint density at radius 1 is 1.03 bits per heavy atom. The van der Waals surface area contributed by atoms with Gasteiger partial charge in [-0.05, 0) is 30.3 Å². The van der Waals surface area contributed by atoms with Gasteiger partial charge in [0.1, 0.15) is 0 Å². The van der Waals surface area contributed by atoms with E-state index in [1.54, 1.807) is 24.4 Å². The first-order valence-corrected chi connectivity index (χ1v) is 11.0. The number of hydrogen-bond acceptors (Lipinski definition) is 8. The molecular formula is C20H18BrCl2N7O. The third kappa shape index (κ3) is 6.04. The van der Waals surface area contributed by atoms with Crippen LogP contribution in [0, 0.1) is 0 Å². The van der Waals surface area contributed by atoms with Crippen molar-refractivity contribution in [3.05, 3.63) is 62.5 Å². The summed E-state index contributed by atoms with van der Waals surface area (Å²) in [7, 11) is 0. The molecule has 1 fully saturated rings. The van der Waals surface area contributed by atoms with Gasteiger partial charge >= 0.3 is 0 Å². The Morgan fingerprint density at radius 3 is 2.61 bits per heavy atom. The molecule has 31 heavy (non-hydrogen) atoms. The molecule has 2 heterocycles. The van der Waals surface area contributed by atoms with E-state index >= 15 is 0 Å². The van der Waals surface area contributed by atoms with Crippen molar-refractivity contribution in [2.24, 2.45) is 5.10 Å². The predicted molar refractivity (Wildman–Crippen MR) is 128 cm³/mol. The highest BCUT2D eigenvalue weighted by Crippen LogP contribution is 2.22. The molecule has 0 amide bonds. The van der Waals surface area contributed by atoms with Crippen LogP contribution in [0.3, 0.4) is 0 Å². The Hall–Kier alpha value is -2.46. The van der Waals surface area contributed by atoms with Crippen molar-refractivity contribution in [3.8, 4) is 0 Å². The quantitative estimate of drug-likeness (QED) is 0.349. The predicted octanol–water partition coefficient (Wildman–Crippen LogP) is 4.97. The zero-order valence-corrected chi connectivity index (χ0v) is 19.3. The summed E-state index contributed by atoms with van der Waals surface area (Å²) in [6, 6.07) is 12.9. The van der Waals surface area contributed by atoms with E-state index in [9.17, 15) is 0 Å². The summed E-state index contributed by atoms with van der Waals surface area (Å²) in [6.07, 6.45) is 1.58. The highest BCUT2D eigenvalue weighted by molar-refractivity contribution is 9.10. The molecule has 0 atom stereocenters. The number of halogens is 3. The fourth-order valence-corrected chi connectivity index (χ4v) is 3.69. The summed E-state index contributed by atoms with van der Waals surface area (Å²) in [5, 5.41) is 8.49. The molecule has 2 aromatic carbocycles. The standard InChI is InChI=1S/C20H18BrCl2N7O/c21-14-2-1-3-16(10-14)25-18-26-19(28-20(27-18)30-6-8-31-9-7-30)29-24-12-13-4-5-15(22)11-17(13)23/h1-5,10-12H,6-9H2,(H2,25,26,27,28,29)/b24-12+. The molecule has 4 rings (SSSR count). The van der Waals surface area contributed by atoms with Gasteiger partial charge in [-0.2, -0.15) is 20.1 Å². The van der Waals surface area contributed by atoms with Crippen molar-refractivity contribution in [1.82, 2.24) is 15.0 Å². The van der Waals surface area contributed by atoms with E-state index in [1.807, 2.05) is 29.2 Å². The summed E-state index contributed by atoms with van der Waals surface area (Å²) in [6.45, 7) is 2.64. The molecule has 0 unspecified atom stereocenters. The monoisotopic (exact) mass is 521 g/mol. The van der Waals surface area contributed by atoms with E-state index in [0.717, 1.165) is 10.2 Å². The van der Waals surface area contributed by atoms with Crippen LogP contribution in [0.15, 0.2) is 52.0 Å². The van der Waals surface area contributed by atoms with E-state index in [0.29, 0.717) is 59.8 Å². The fourth-order valence-electron chi connectivity index (χ4n) is 2.84. The van der Waals surface area contributed by atoms with Gasteiger partial charge < -0.3 is 15.0 Å². The van der Waals surface area contributed by atoms with Crippen LogP contribution in [0.1, 0.15) is 5.56 Å². The molecule has 8 nitrogen and oxygen atoms in total. The SMILES string of the molecule is Clc1ccc(/C=N/Nc2nc(Nc3cccc(Br)c3)nc(N3CCOCC3)n2)c(Cl)c1. The normalized spacial score (nSPS) is 14.1. The number of benzene rings is 2. The lowest BCUT2D eigenvalue weighted by molar-refractivity contribution is 0.122. The van der Waals surface area contributed by atoms with Crippen LogP contribution in [0.25, 0.3) is 0 Å². The van der Waals surface area contributed by atoms with Gasteiger partial charge in [0.2, 0.25) is 17.8 Å². The van der Waals surface area contributed by atoms with E-state index in [4.69, 9.17) is 27.9 Å². The minimum Gasteiger partial charge on any atom is -0.378 e. The Balaban J connectivity index is 1.58. The first kappa shape index (κ1) is 21.8. The second-order valence-corrected chi connectivity index (χ2v) is 8.31. The smallest absolute Gasteiger partial charge is 0.250 e. The van der Waals surface area contributed by atoms with Gasteiger partial charge in [0, 0.05) is 33.8 Å². The summed E-state index contributed by atoms with van der Waals surface area (Å²) >= 11 is 15.6. The number of aromatic nitrogens is 3. The molecule has 0 aliphatic carbocycles. The Kier molecular flexibility index (Phi) is 7.18. The topological polar surface area (TPSA) is 87.6 Å². The van der Waals surface area contributed by atoms with Crippen LogP contribution >= 0.6 is 39.1 Å². The molecule has 0 saturated carbocycles. The summed E-state index contributed by atoms with van der Waals surface area (Å²) in [5.74, 6) is 1.24. The van der Waals surface area contributed by atoms with Crippen LogP contribution in [0.2, 0.25) is 10.0 Å². The zero-order valence-electron chi connectivity index (χ0n) is 16.2. The Bertz CT molecular complexity index is 1090. The van der Waals surface area contributed by atoms with Gasteiger partial charge in [-0.1, -0.05) is 51.3 Å². The maximum absolute atomic E-state index is 6.19. The second kappa shape index (κ2) is 10.2. The minimum atomic E-state index is 0.301. The number of rotatable bonds is 6. The van der Waals surface area contributed by atoms with E-state index in [2.05, 4.69) is 46.7 Å². The van der Waals surface area contributed by atoms with Gasteiger partial charge in [0.05, 0.1) is 24.5 Å². The molecule has 2 N–H and O–H groups in total. The number of ether oxygens (including phenoxy) is 1. The third-order valence-corrected chi connectivity index (χ3v) is 5.38. The first-order chi connectivity index (χ1) is 15.1. The van der Waals surface area contributed by atoms with Crippen molar-refractivity contribution in [1.29, 1.82) is 0 Å². The second-order valence-electron chi connectivity index (χ2n) is 6.55. The van der Waals surface area contributed by atoms with Gasteiger partial charge in [0.25, 0.3) is 0 Å². The van der Waals surface area contributed by atoms with Crippen LogP contribution in [0.4, 0.5) is 23.5 Å². The van der Waals surface area contributed by atoms with Crippen LogP contribution in [0.5, 0.6) is 0 Å². The molecule has 1 saturated heterocycles. The van der Waals surface area contributed by atoms with Crippen molar-refractivity contribution < 1.29 is 4.74 Å². The number of nitrogens with one attached hydrogen (secondary N) is 2. The van der Waals surface area contributed by atoms with Crippen LogP contribution in [-0.4, -0.2) is 47.5 Å². The van der Waals surface area contributed by atoms with Crippen LogP contribution in [-0.2, 0) is 4.74 Å². The highest BCUT2D eigenvalue weighted by Gasteiger charge is 2.16. The van der Waals surface area contributed by atoms with Gasteiger partial charge in [-0.25, -0.2) is 5.43 Å². The molecular weight excluding hydrogens is 505 g/mol. The molecule has 1 aromatic heterocycles. The zero-order chi connectivity index (χ0) is 21.6. The average Bonchev–Trinajstić information content (AvgIpc) is 2.76. The first-order valence-electron chi connectivity index (χ1n) is 9.42. The Labute approximate surface area is 197 Å². The minimum absolute atomic E-state index is 0.301. The summed E-state index contributed by atoms with van der Waals surface area (Å²) in [4.78, 5) is 15.5. The van der Waals surface area contributed by atoms with Crippen molar-refractivity contribution >= 4 is 68.9 Å². The lowest BCUT2D eigenvalue weighted by atomic mass is 10.2. The molecule has 1 aliphatic rings. The van der Waals surface area contributed by atoms with E-state index in [1.165, 1.54) is 0 Å². The van der Waals surface area contributed by atoms with Gasteiger partial charge in [-0.15, -0.1) is 0 Å². The molecule has 0 radical (unpaired) electrons. The maximum atomic E-state index is 6.19. The molecule has 160 valence electrons. The van der Waals surface area contributed by atoms with Crippen molar-refractivity contribution in [2.45, 2.75) is 0 Å².